The lowest BCUT2D eigenvalue weighted by molar-refractivity contribution is 0.0355. The summed E-state index contributed by atoms with van der Waals surface area (Å²) in [4.78, 5) is 5.76. The number of benzene rings is 1. The monoisotopic (exact) mass is 400 g/mol. The Bertz CT molecular complexity index is 753. The molecule has 152 valence electrons. The summed E-state index contributed by atoms with van der Waals surface area (Å²) in [6, 6.07) is 13.1. The number of hydrogen-bond donors (Lipinski definition) is 3. The molecule has 0 aliphatic carbocycles. The first-order valence-corrected chi connectivity index (χ1v) is 10.9. The van der Waals surface area contributed by atoms with E-state index in [1.165, 1.54) is 16.0 Å². The van der Waals surface area contributed by atoms with Gasteiger partial charge in [-0.25, -0.2) is 0 Å². The number of rotatable bonds is 7. The molecule has 5 nitrogen and oxygen atoms in total. The third kappa shape index (κ3) is 5.56. The maximum absolute atomic E-state index is 5.64. The van der Waals surface area contributed by atoms with Crippen molar-refractivity contribution in [3.8, 4) is 0 Å². The number of nitrogens with zero attached hydrogens (tertiary/aromatic N) is 1. The number of aliphatic imine (C=N–C) groups is 1. The van der Waals surface area contributed by atoms with Gasteiger partial charge in [0.15, 0.2) is 5.96 Å². The van der Waals surface area contributed by atoms with Crippen LogP contribution < -0.4 is 16.0 Å². The second-order valence-electron chi connectivity index (χ2n) is 7.48. The normalized spacial score (nSPS) is 17.9. The van der Waals surface area contributed by atoms with Gasteiger partial charge in [0, 0.05) is 43.3 Å². The summed E-state index contributed by atoms with van der Waals surface area (Å²) in [5.41, 5.74) is 2.63. The van der Waals surface area contributed by atoms with Crippen LogP contribution in [0.25, 0.3) is 0 Å². The quantitative estimate of drug-likeness (QED) is 0.491. The van der Waals surface area contributed by atoms with E-state index in [-0.39, 0.29) is 11.6 Å². The standard InChI is InChI=1S/C22H32N4OS/c1-17-9-14-28-20(17)15-24-21(23-3)25-16-22(10-12-27-13-11-22)26-18(2)19-7-5-4-6-8-19/h4-9,14,18,26H,10-13,15-16H2,1-3H3,(H2,23,24,25). The van der Waals surface area contributed by atoms with Crippen LogP contribution in [-0.4, -0.2) is 38.3 Å². The van der Waals surface area contributed by atoms with Gasteiger partial charge in [0.1, 0.15) is 0 Å². The average Bonchev–Trinajstić information content (AvgIpc) is 3.14. The molecular weight excluding hydrogens is 368 g/mol. The molecule has 0 amide bonds. The fourth-order valence-corrected chi connectivity index (χ4v) is 4.49. The van der Waals surface area contributed by atoms with Crippen molar-refractivity contribution < 1.29 is 4.74 Å². The van der Waals surface area contributed by atoms with Crippen molar-refractivity contribution in [1.29, 1.82) is 0 Å². The van der Waals surface area contributed by atoms with E-state index in [1.807, 2.05) is 7.05 Å². The fourth-order valence-electron chi connectivity index (χ4n) is 3.64. The molecule has 28 heavy (non-hydrogen) atoms. The van der Waals surface area contributed by atoms with E-state index < -0.39 is 0 Å². The largest absolute Gasteiger partial charge is 0.381 e. The van der Waals surface area contributed by atoms with Crippen LogP contribution in [0.15, 0.2) is 46.8 Å². The first-order chi connectivity index (χ1) is 13.6. The molecule has 1 aromatic carbocycles. The minimum absolute atomic E-state index is 0.00994. The average molecular weight is 401 g/mol. The zero-order valence-electron chi connectivity index (χ0n) is 17.1. The van der Waals surface area contributed by atoms with E-state index >= 15 is 0 Å². The Morgan fingerprint density at radius 2 is 1.93 bits per heavy atom. The number of guanidine groups is 1. The van der Waals surface area contributed by atoms with Gasteiger partial charge in [0.2, 0.25) is 0 Å². The molecule has 1 unspecified atom stereocenters. The van der Waals surface area contributed by atoms with Crippen LogP contribution in [0.3, 0.4) is 0 Å². The summed E-state index contributed by atoms with van der Waals surface area (Å²) in [6.07, 6.45) is 1.97. The molecule has 3 rings (SSSR count). The zero-order chi connectivity index (χ0) is 19.8. The maximum Gasteiger partial charge on any atom is 0.191 e. The third-order valence-electron chi connectivity index (χ3n) is 5.47. The van der Waals surface area contributed by atoms with Gasteiger partial charge in [-0.1, -0.05) is 30.3 Å². The third-order valence-corrected chi connectivity index (χ3v) is 6.50. The lowest BCUT2D eigenvalue weighted by atomic mass is 9.88. The molecule has 1 fully saturated rings. The van der Waals surface area contributed by atoms with Gasteiger partial charge in [-0.3, -0.25) is 4.99 Å². The van der Waals surface area contributed by atoms with Crippen molar-refractivity contribution in [2.24, 2.45) is 4.99 Å². The minimum atomic E-state index is -0.00994. The number of hydrogen-bond acceptors (Lipinski definition) is 4. The van der Waals surface area contributed by atoms with Gasteiger partial charge < -0.3 is 20.7 Å². The minimum Gasteiger partial charge on any atom is -0.381 e. The van der Waals surface area contributed by atoms with Crippen molar-refractivity contribution in [3.63, 3.8) is 0 Å². The molecule has 6 heteroatoms. The van der Waals surface area contributed by atoms with E-state index in [0.29, 0.717) is 0 Å². The van der Waals surface area contributed by atoms with Crippen LogP contribution in [0, 0.1) is 6.92 Å². The number of nitrogens with one attached hydrogen (secondary N) is 3. The van der Waals surface area contributed by atoms with Gasteiger partial charge in [-0.15, -0.1) is 11.3 Å². The summed E-state index contributed by atoms with van der Waals surface area (Å²) >= 11 is 1.78. The molecule has 1 atom stereocenters. The van der Waals surface area contributed by atoms with E-state index in [9.17, 15) is 0 Å². The summed E-state index contributed by atoms with van der Waals surface area (Å²) in [5.74, 6) is 0.841. The first-order valence-electron chi connectivity index (χ1n) is 10.00. The maximum atomic E-state index is 5.64. The Hall–Kier alpha value is -1.89. The molecule has 1 aliphatic heterocycles. The van der Waals surface area contributed by atoms with E-state index in [4.69, 9.17) is 4.74 Å². The van der Waals surface area contributed by atoms with Gasteiger partial charge in [0.05, 0.1) is 6.54 Å². The van der Waals surface area contributed by atoms with Crippen LogP contribution in [0.2, 0.25) is 0 Å². The number of thiophene rings is 1. The van der Waals surface area contributed by atoms with Crippen LogP contribution in [0.4, 0.5) is 0 Å². The molecular formula is C22H32N4OS. The summed E-state index contributed by atoms with van der Waals surface area (Å²) in [5, 5.41) is 13.0. The molecule has 0 bridgehead atoms. The molecule has 1 aromatic heterocycles. The topological polar surface area (TPSA) is 57.7 Å². The number of aryl methyl sites for hydroxylation is 1. The van der Waals surface area contributed by atoms with E-state index in [2.05, 4.69) is 76.6 Å². The fraction of sp³-hybridized carbons (Fsp3) is 0.500. The van der Waals surface area contributed by atoms with Crippen molar-refractivity contribution in [1.82, 2.24) is 16.0 Å². The molecule has 3 N–H and O–H groups in total. The molecule has 1 aliphatic rings. The van der Waals surface area contributed by atoms with Gasteiger partial charge in [-0.05, 0) is 49.3 Å². The first kappa shape index (κ1) is 20.8. The molecule has 2 heterocycles. The van der Waals surface area contributed by atoms with Crippen molar-refractivity contribution in [2.75, 3.05) is 26.8 Å². The lowest BCUT2D eigenvalue weighted by Gasteiger charge is -2.41. The Labute approximate surface area is 172 Å². The summed E-state index contributed by atoms with van der Waals surface area (Å²) in [7, 11) is 1.83. The summed E-state index contributed by atoms with van der Waals surface area (Å²) < 4.78 is 5.64. The van der Waals surface area contributed by atoms with Gasteiger partial charge in [0.25, 0.3) is 0 Å². The highest BCUT2D eigenvalue weighted by molar-refractivity contribution is 7.10. The highest BCUT2D eigenvalue weighted by atomic mass is 32.1. The van der Waals surface area contributed by atoms with Crippen molar-refractivity contribution in [2.45, 2.75) is 44.8 Å². The molecule has 0 radical (unpaired) electrons. The summed E-state index contributed by atoms with van der Waals surface area (Å²) in [6.45, 7) is 7.58. The molecule has 0 spiro atoms. The highest BCUT2D eigenvalue weighted by Gasteiger charge is 2.34. The van der Waals surface area contributed by atoms with E-state index in [1.54, 1.807) is 11.3 Å². The Balaban J connectivity index is 1.60. The predicted octanol–water partition coefficient (Wildman–Crippen LogP) is 3.62. The van der Waals surface area contributed by atoms with Crippen LogP contribution in [0.5, 0.6) is 0 Å². The smallest absolute Gasteiger partial charge is 0.191 e. The molecule has 0 saturated carbocycles. The molecule has 1 saturated heterocycles. The van der Waals surface area contributed by atoms with E-state index in [0.717, 1.165) is 45.1 Å². The highest BCUT2D eigenvalue weighted by Crippen LogP contribution is 2.25. The second-order valence-corrected chi connectivity index (χ2v) is 8.48. The molecule has 2 aromatic rings. The van der Waals surface area contributed by atoms with Gasteiger partial charge in [-0.2, -0.15) is 0 Å². The zero-order valence-corrected chi connectivity index (χ0v) is 17.9. The van der Waals surface area contributed by atoms with Gasteiger partial charge >= 0.3 is 0 Å². The van der Waals surface area contributed by atoms with Crippen LogP contribution in [0.1, 0.15) is 41.8 Å². The Morgan fingerprint density at radius 3 is 2.57 bits per heavy atom. The Kier molecular flexibility index (Phi) is 7.48. The van der Waals surface area contributed by atoms with Crippen molar-refractivity contribution in [3.05, 3.63) is 57.8 Å². The van der Waals surface area contributed by atoms with Crippen LogP contribution in [-0.2, 0) is 11.3 Å². The SMILES string of the molecule is CN=C(NCc1sccc1C)NCC1(NC(C)c2ccccc2)CCOCC1. The Morgan fingerprint density at radius 1 is 1.18 bits per heavy atom. The van der Waals surface area contributed by atoms with Crippen LogP contribution >= 0.6 is 11.3 Å². The second kappa shape index (κ2) is 10.0. The lowest BCUT2D eigenvalue weighted by Crippen LogP contribution is -2.58. The van der Waals surface area contributed by atoms with Crippen molar-refractivity contribution >= 4 is 17.3 Å². The number of ether oxygens (including phenoxy) is 1. The predicted molar refractivity (Wildman–Crippen MR) is 118 cm³/mol.